The molecule has 3 rings (SSSR count). The maximum absolute atomic E-state index is 12.6. The van der Waals surface area contributed by atoms with Gasteiger partial charge in [0.05, 0.1) is 6.61 Å². The number of benzene rings is 2. The van der Waals surface area contributed by atoms with Crippen LogP contribution < -0.4 is 10.2 Å². The molecule has 7 heteroatoms. The molecule has 6 nitrogen and oxygen atoms in total. The fraction of sp³-hybridized carbons (Fsp3) is 0.250. The molecule has 1 heterocycles. The van der Waals surface area contributed by atoms with Gasteiger partial charge in [0.1, 0.15) is 11.6 Å². The highest BCUT2D eigenvalue weighted by Crippen LogP contribution is 2.21. The Morgan fingerprint density at radius 3 is 2.56 bits per heavy atom. The first-order chi connectivity index (χ1) is 13.2. The quantitative estimate of drug-likeness (QED) is 0.595. The Morgan fingerprint density at radius 1 is 1.11 bits per heavy atom. The van der Waals surface area contributed by atoms with Crippen molar-refractivity contribution < 1.29 is 9.53 Å². The number of thioether (sulfide) groups is 1. The van der Waals surface area contributed by atoms with Crippen LogP contribution in [0.4, 0.5) is 0 Å². The number of carbonyl (C=O) groups excluding carboxylic acids is 1. The molecule has 0 aliphatic heterocycles. The Bertz CT molecular complexity index is 879. The van der Waals surface area contributed by atoms with E-state index in [0.717, 1.165) is 17.9 Å². The van der Waals surface area contributed by atoms with Crippen LogP contribution in [0.15, 0.2) is 59.8 Å². The van der Waals surface area contributed by atoms with E-state index in [1.807, 2.05) is 25.1 Å². The highest BCUT2D eigenvalue weighted by atomic mass is 32.2. The molecule has 0 bridgehead atoms. The Hall–Kier alpha value is -2.80. The molecule has 0 saturated heterocycles. The van der Waals surface area contributed by atoms with Crippen LogP contribution in [0, 0.1) is 6.92 Å². The van der Waals surface area contributed by atoms with E-state index in [4.69, 9.17) is 4.74 Å². The minimum atomic E-state index is -0.221. The lowest BCUT2D eigenvalue weighted by Gasteiger charge is -2.11. The molecular formula is C20H22N4O2S. The summed E-state index contributed by atoms with van der Waals surface area (Å²) in [5.74, 6) is 1.91. The summed E-state index contributed by atoms with van der Waals surface area (Å²) in [5.41, 5.74) is 4.60. The number of rotatable bonds is 8. The van der Waals surface area contributed by atoms with Gasteiger partial charge in [0.2, 0.25) is 5.16 Å². The van der Waals surface area contributed by atoms with Crippen LogP contribution in [-0.4, -0.2) is 27.4 Å². The summed E-state index contributed by atoms with van der Waals surface area (Å²) in [5, 5.41) is 8.89. The van der Waals surface area contributed by atoms with E-state index in [2.05, 4.69) is 34.7 Å². The van der Waals surface area contributed by atoms with E-state index in [9.17, 15) is 4.79 Å². The molecular weight excluding hydrogens is 360 g/mol. The zero-order valence-corrected chi connectivity index (χ0v) is 16.2. The maximum Gasteiger partial charge on any atom is 0.270 e. The van der Waals surface area contributed by atoms with Crippen molar-refractivity contribution in [3.63, 3.8) is 0 Å². The van der Waals surface area contributed by atoms with Gasteiger partial charge in [-0.1, -0.05) is 49.0 Å². The minimum Gasteiger partial charge on any atom is -0.494 e. The molecule has 3 aromatic rings. The van der Waals surface area contributed by atoms with Gasteiger partial charge >= 0.3 is 0 Å². The third kappa shape index (κ3) is 5.10. The summed E-state index contributed by atoms with van der Waals surface area (Å²) in [6.45, 7) is 4.52. The smallest absolute Gasteiger partial charge is 0.270 e. The second kappa shape index (κ2) is 9.23. The van der Waals surface area contributed by atoms with Crippen molar-refractivity contribution in [1.82, 2.24) is 14.9 Å². The van der Waals surface area contributed by atoms with Crippen molar-refractivity contribution in [3.8, 4) is 5.75 Å². The molecule has 1 aromatic heterocycles. The lowest BCUT2D eigenvalue weighted by Crippen LogP contribution is -2.24. The molecule has 0 saturated carbocycles. The van der Waals surface area contributed by atoms with Gasteiger partial charge < -0.3 is 4.74 Å². The van der Waals surface area contributed by atoms with Crippen LogP contribution in [0.3, 0.4) is 0 Å². The zero-order valence-electron chi connectivity index (χ0n) is 15.4. The Kier molecular flexibility index (Phi) is 6.49. The molecule has 1 amide bonds. The van der Waals surface area contributed by atoms with Gasteiger partial charge in [-0.15, -0.1) is 10.2 Å². The number of nitrogens with one attached hydrogen (secondary N) is 1. The highest BCUT2D eigenvalue weighted by Gasteiger charge is 2.14. The van der Waals surface area contributed by atoms with Gasteiger partial charge in [-0.2, -0.15) is 0 Å². The van der Waals surface area contributed by atoms with Crippen molar-refractivity contribution in [2.24, 2.45) is 0 Å². The van der Waals surface area contributed by atoms with E-state index in [0.29, 0.717) is 23.2 Å². The lowest BCUT2D eigenvalue weighted by atomic mass is 10.2. The first-order valence-corrected chi connectivity index (χ1v) is 9.79. The standard InChI is InChI=1S/C20H22N4O2S/c1-3-13-26-18-11-9-17(10-12-18)19(25)23-24-15(2)21-22-20(24)27-14-16-7-5-4-6-8-16/h4-12H,3,13-14H2,1-2H3,(H,23,25). The van der Waals surface area contributed by atoms with Crippen LogP contribution in [0.1, 0.15) is 35.1 Å². The number of ether oxygens (including phenoxy) is 1. The zero-order chi connectivity index (χ0) is 19.1. The Morgan fingerprint density at radius 2 is 1.85 bits per heavy atom. The summed E-state index contributed by atoms with van der Waals surface area (Å²) in [4.78, 5) is 12.6. The van der Waals surface area contributed by atoms with Crippen molar-refractivity contribution in [2.75, 3.05) is 12.0 Å². The number of carbonyl (C=O) groups is 1. The highest BCUT2D eigenvalue weighted by molar-refractivity contribution is 7.98. The van der Waals surface area contributed by atoms with Crippen LogP contribution >= 0.6 is 11.8 Å². The van der Waals surface area contributed by atoms with Gasteiger partial charge in [0.25, 0.3) is 5.91 Å². The molecule has 2 aromatic carbocycles. The fourth-order valence-corrected chi connectivity index (χ4v) is 3.27. The third-order valence-corrected chi connectivity index (χ3v) is 4.81. The largest absolute Gasteiger partial charge is 0.494 e. The second-order valence-corrected chi connectivity index (χ2v) is 6.90. The van der Waals surface area contributed by atoms with Crippen LogP contribution in [-0.2, 0) is 5.75 Å². The average molecular weight is 382 g/mol. The molecule has 0 spiro atoms. The van der Waals surface area contributed by atoms with E-state index in [1.165, 1.54) is 17.3 Å². The van der Waals surface area contributed by atoms with Crippen LogP contribution in [0.25, 0.3) is 0 Å². The summed E-state index contributed by atoms with van der Waals surface area (Å²) >= 11 is 1.52. The van der Waals surface area contributed by atoms with E-state index < -0.39 is 0 Å². The van der Waals surface area contributed by atoms with Gasteiger partial charge in [0, 0.05) is 11.3 Å². The van der Waals surface area contributed by atoms with Crippen molar-refractivity contribution >= 4 is 17.7 Å². The predicted molar refractivity (Wildman–Crippen MR) is 107 cm³/mol. The number of aromatic nitrogens is 3. The van der Waals surface area contributed by atoms with Crippen LogP contribution in [0.2, 0.25) is 0 Å². The number of nitrogens with zero attached hydrogens (tertiary/aromatic N) is 3. The average Bonchev–Trinajstić information content (AvgIpc) is 3.05. The molecule has 0 fully saturated rings. The summed E-state index contributed by atoms with van der Waals surface area (Å²) in [6, 6.07) is 17.2. The molecule has 0 radical (unpaired) electrons. The molecule has 0 atom stereocenters. The monoisotopic (exact) mass is 382 g/mol. The normalized spacial score (nSPS) is 10.6. The maximum atomic E-state index is 12.6. The Balaban J connectivity index is 1.66. The molecule has 0 aliphatic carbocycles. The topological polar surface area (TPSA) is 69.0 Å². The van der Waals surface area contributed by atoms with Gasteiger partial charge in [-0.3, -0.25) is 10.2 Å². The minimum absolute atomic E-state index is 0.221. The number of hydrogen-bond donors (Lipinski definition) is 1. The first-order valence-electron chi connectivity index (χ1n) is 8.80. The molecule has 140 valence electrons. The number of amides is 1. The number of hydrogen-bond acceptors (Lipinski definition) is 5. The second-order valence-electron chi connectivity index (χ2n) is 5.95. The molecule has 27 heavy (non-hydrogen) atoms. The molecule has 0 unspecified atom stereocenters. The van der Waals surface area contributed by atoms with Crippen molar-refractivity contribution in [3.05, 3.63) is 71.5 Å². The SMILES string of the molecule is CCCOc1ccc(C(=O)Nn2c(C)nnc2SCc2ccccc2)cc1. The van der Waals surface area contributed by atoms with E-state index in [1.54, 1.807) is 28.9 Å². The van der Waals surface area contributed by atoms with Crippen molar-refractivity contribution in [2.45, 2.75) is 31.2 Å². The van der Waals surface area contributed by atoms with Crippen LogP contribution in [0.5, 0.6) is 5.75 Å². The van der Waals surface area contributed by atoms with Gasteiger partial charge in [0.15, 0.2) is 0 Å². The summed E-state index contributed by atoms with van der Waals surface area (Å²) in [7, 11) is 0. The van der Waals surface area contributed by atoms with E-state index in [-0.39, 0.29) is 5.91 Å². The van der Waals surface area contributed by atoms with Gasteiger partial charge in [-0.25, -0.2) is 4.68 Å². The molecule has 1 N–H and O–H groups in total. The van der Waals surface area contributed by atoms with Gasteiger partial charge in [-0.05, 0) is 43.2 Å². The lowest BCUT2D eigenvalue weighted by molar-refractivity contribution is 0.100. The molecule has 0 aliphatic rings. The first kappa shape index (κ1) is 19.0. The fourth-order valence-electron chi connectivity index (χ4n) is 2.38. The summed E-state index contributed by atoms with van der Waals surface area (Å²) in [6.07, 6.45) is 0.943. The van der Waals surface area contributed by atoms with Crippen molar-refractivity contribution in [1.29, 1.82) is 0 Å². The van der Waals surface area contributed by atoms with E-state index >= 15 is 0 Å². The third-order valence-electron chi connectivity index (χ3n) is 3.81. The predicted octanol–water partition coefficient (Wildman–Crippen LogP) is 4.05. The summed E-state index contributed by atoms with van der Waals surface area (Å²) < 4.78 is 7.17. The number of aryl methyl sites for hydroxylation is 1. The Labute approximate surface area is 162 Å².